The molecule has 26 heavy (non-hydrogen) atoms. The highest BCUT2D eigenvalue weighted by Gasteiger charge is 2.55. The maximum atomic E-state index is 11.3. The van der Waals surface area contributed by atoms with Crippen molar-refractivity contribution in [3.05, 3.63) is 29.3 Å². The first-order valence-corrected chi connectivity index (χ1v) is 9.76. The van der Waals surface area contributed by atoms with E-state index in [1.165, 1.54) is 18.1 Å². The van der Waals surface area contributed by atoms with Gasteiger partial charge in [0.05, 0.1) is 12.7 Å². The van der Waals surface area contributed by atoms with Gasteiger partial charge in [-0.1, -0.05) is 13.0 Å². The molecular formula is C21H29NO4. The van der Waals surface area contributed by atoms with E-state index in [1.807, 2.05) is 12.1 Å². The summed E-state index contributed by atoms with van der Waals surface area (Å²) in [4.78, 5) is 16.4. The van der Waals surface area contributed by atoms with Gasteiger partial charge in [0.2, 0.25) is 0 Å². The Hall–Kier alpha value is -1.43. The summed E-state index contributed by atoms with van der Waals surface area (Å²) in [5, 5.41) is 10.6. The monoisotopic (exact) mass is 359 g/mol. The van der Waals surface area contributed by atoms with E-state index in [1.54, 1.807) is 0 Å². The first kappa shape index (κ1) is 18.0. The average Bonchev–Trinajstić information content (AvgIpc) is 2.90. The topological polar surface area (TPSA) is 81.8 Å². The summed E-state index contributed by atoms with van der Waals surface area (Å²) in [5.41, 5.74) is 2.60. The van der Waals surface area contributed by atoms with Crippen molar-refractivity contribution in [2.24, 2.45) is 23.1 Å². The van der Waals surface area contributed by atoms with Crippen molar-refractivity contribution in [2.75, 3.05) is 6.61 Å². The van der Waals surface area contributed by atoms with Crippen LogP contribution in [0.15, 0.2) is 18.2 Å². The van der Waals surface area contributed by atoms with Crippen molar-refractivity contribution >= 4 is 5.97 Å². The Kier molecular flexibility index (Phi) is 4.58. The average molecular weight is 359 g/mol. The molecule has 0 bridgehead atoms. The zero-order valence-electron chi connectivity index (χ0n) is 15.6. The lowest BCUT2D eigenvalue weighted by Gasteiger charge is -2.51. The minimum absolute atomic E-state index is 0.0461. The minimum atomic E-state index is -0.307. The molecule has 4 rings (SSSR count). The predicted molar refractivity (Wildman–Crippen MR) is 97.6 cm³/mol. The number of benzene rings is 1. The van der Waals surface area contributed by atoms with Crippen LogP contribution in [0.1, 0.15) is 68.9 Å². The standard InChI is InChI=1S/C21H29NO4/c1-12(23)26-14-3-4-15-16-7-8-21(2)19(5-6-20(21)24)18(16)9-13(11-25-22)17(15)10-14/h3-4,10,13,16,18-20,24H,5-9,11,22H2,1-2H3/t13-,16+,18+,19-,20?,21-/m0/s1. The number of carbonyl (C=O) groups is 1. The quantitative estimate of drug-likeness (QED) is 0.492. The van der Waals surface area contributed by atoms with Gasteiger partial charge in [0.1, 0.15) is 5.75 Å². The van der Waals surface area contributed by atoms with Crippen molar-refractivity contribution in [2.45, 2.75) is 63.9 Å². The third kappa shape index (κ3) is 2.77. The molecule has 3 aliphatic carbocycles. The second-order valence-corrected chi connectivity index (χ2v) is 8.66. The molecule has 0 aliphatic heterocycles. The fourth-order valence-electron chi connectivity index (χ4n) is 6.18. The highest BCUT2D eigenvalue weighted by atomic mass is 16.6. The van der Waals surface area contributed by atoms with Crippen molar-refractivity contribution in [1.82, 2.24) is 0 Å². The fraction of sp³-hybridized carbons (Fsp3) is 0.667. The van der Waals surface area contributed by atoms with Crippen LogP contribution in [-0.2, 0) is 9.63 Å². The smallest absolute Gasteiger partial charge is 0.308 e. The molecule has 142 valence electrons. The third-order valence-electron chi connectivity index (χ3n) is 7.40. The van der Waals surface area contributed by atoms with E-state index in [9.17, 15) is 9.90 Å². The Bertz CT molecular complexity index is 705. The van der Waals surface area contributed by atoms with Crippen LogP contribution in [0.2, 0.25) is 0 Å². The fourth-order valence-corrected chi connectivity index (χ4v) is 6.18. The molecule has 5 nitrogen and oxygen atoms in total. The van der Waals surface area contributed by atoms with Crippen molar-refractivity contribution in [3.63, 3.8) is 0 Å². The summed E-state index contributed by atoms with van der Waals surface area (Å²) in [5.74, 6) is 7.53. The Morgan fingerprint density at radius 2 is 2.12 bits per heavy atom. The maximum Gasteiger partial charge on any atom is 0.308 e. The Morgan fingerprint density at radius 3 is 2.85 bits per heavy atom. The molecule has 0 heterocycles. The third-order valence-corrected chi connectivity index (χ3v) is 7.40. The molecule has 6 atom stereocenters. The largest absolute Gasteiger partial charge is 0.427 e. The number of hydrogen-bond donors (Lipinski definition) is 2. The van der Waals surface area contributed by atoms with Crippen LogP contribution in [0.25, 0.3) is 0 Å². The SMILES string of the molecule is CC(=O)Oc1ccc2c(c1)[C@H](CON)C[C@@H]1[C@@H]2CC[C@]2(C)C(O)CC[C@@H]12. The first-order chi connectivity index (χ1) is 12.4. The zero-order chi connectivity index (χ0) is 18.5. The van der Waals surface area contributed by atoms with Gasteiger partial charge >= 0.3 is 5.97 Å². The Morgan fingerprint density at radius 1 is 1.31 bits per heavy atom. The van der Waals surface area contributed by atoms with Crippen LogP contribution in [-0.4, -0.2) is 23.8 Å². The Balaban J connectivity index is 1.71. The highest BCUT2D eigenvalue weighted by molar-refractivity contribution is 5.69. The molecule has 5 heteroatoms. The van der Waals surface area contributed by atoms with E-state index in [4.69, 9.17) is 15.5 Å². The maximum absolute atomic E-state index is 11.3. The number of ether oxygens (including phenoxy) is 1. The van der Waals surface area contributed by atoms with Crippen LogP contribution in [0.4, 0.5) is 0 Å². The van der Waals surface area contributed by atoms with E-state index < -0.39 is 0 Å². The summed E-state index contributed by atoms with van der Waals surface area (Å²) in [6.07, 6.45) is 5.04. The van der Waals surface area contributed by atoms with Gasteiger partial charge in [-0.3, -0.25) is 4.79 Å². The number of rotatable bonds is 3. The van der Waals surface area contributed by atoms with Gasteiger partial charge in [-0.25, -0.2) is 5.90 Å². The van der Waals surface area contributed by atoms with Gasteiger partial charge in [0.15, 0.2) is 0 Å². The van der Waals surface area contributed by atoms with Crippen LogP contribution < -0.4 is 10.6 Å². The summed E-state index contributed by atoms with van der Waals surface area (Å²) in [7, 11) is 0. The molecule has 1 aromatic carbocycles. The molecule has 3 N–H and O–H groups in total. The van der Waals surface area contributed by atoms with Crippen LogP contribution in [0.5, 0.6) is 5.75 Å². The van der Waals surface area contributed by atoms with Gasteiger partial charge in [-0.2, -0.15) is 0 Å². The predicted octanol–water partition coefficient (Wildman–Crippen LogP) is 3.26. The molecule has 1 unspecified atom stereocenters. The normalized spacial score (nSPS) is 38.2. The molecule has 0 amide bonds. The molecule has 1 aromatic rings. The first-order valence-electron chi connectivity index (χ1n) is 9.76. The van der Waals surface area contributed by atoms with Gasteiger partial charge in [-0.05, 0) is 78.5 Å². The molecule has 2 saturated carbocycles. The number of fused-ring (bicyclic) bond motifs is 5. The number of aliphatic hydroxyl groups excluding tert-OH is 1. The van der Waals surface area contributed by atoms with E-state index in [2.05, 4.69) is 13.0 Å². The molecule has 0 aromatic heterocycles. The number of nitrogens with two attached hydrogens (primary N) is 1. The molecule has 0 saturated heterocycles. The molecule has 2 fully saturated rings. The molecular weight excluding hydrogens is 330 g/mol. The van der Waals surface area contributed by atoms with Crippen molar-refractivity contribution < 1.29 is 19.5 Å². The van der Waals surface area contributed by atoms with E-state index in [0.717, 1.165) is 32.1 Å². The number of esters is 1. The van der Waals surface area contributed by atoms with Gasteiger partial charge in [-0.15, -0.1) is 0 Å². The summed E-state index contributed by atoms with van der Waals surface area (Å²) in [6.45, 7) is 4.16. The van der Waals surface area contributed by atoms with Crippen molar-refractivity contribution in [1.29, 1.82) is 0 Å². The number of carbonyl (C=O) groups excluding carboxylic acids is 1. The van der Waals surface area contributed by atoms with Crippen LogP contribution >= 0.6 is 0 Å². The van der Waals surface area contributed by atoms with Gasteiger partial charge in [0.25, 0.3) is 0 Å². The van der Waals surface area contributed by atoms with Crippen LogP contribution in [0.3, 0.4) is 0 Å². The molecule has 0 spiro atoms. The molecule has 3 aliphatic rings. The van der Waals surface area contributed by atoms with E-state index in [0.29, 0.717) is 30.1 Å². The second-order valence-electron chi connectivity index (χ2n) is 8.66. The van der Waals surface area contributed by atoms with Crippen LogP contribution in [0, 0.1) is 17.3 Å². The lowest BCUT2D eigenvalue weighted by atomic mass is 9.54. The van der Waals surface area contributed by atoms with Gasteiger partial charge in [0, 0.05) is 12.8 Å². The Labute approximate surface area is 154 Å². The molecule has 0 radical (unpaired) electrons. The summed E-state index contributed by atoms with van der Waals surface area (Å²) in [6, 6.07) is 6.02. The highest BCUT2D eigenvalue weighted by Crippen LogP contribution is 2.62. The lowest BCUT2D eigenvalue weighted by molar-refractivity contribution is -0.131. The van der Waals surface area contributed by atoms with E-state index >= 15 is 0 Å². The minimum Gasteiger partial charge on any atom is -0.427 e. The van der Waals surface area contributed by atoms with Crippen molar-refractivity contribution in [3.8, 4) is 5.75 Å². The lowest BCUT2D eigenvalue weighted by Crippen LogP contribution is -2.44. The number of aliphatic hydroxyl groups is 1. The number of hydrogen-bond acceptors (Lipinski definition) is 5. The summed E-state index contributed by atoms with van der Waals surface area (Å²) < 4.78 is 5.30. The summed E-state index contributed by atoms with van der Waals surface area (Å²) >= 11 is 0. The van der Waals surface area contributed by atoms with Gasteiger partial charge < -0.3 is 14.7 Å². The van der Waals surface area contributed by atoms with E-state index in [-0.39, 0.29) is 23.4 Å². The second kappa shape index (κ2) is 6.63. The zero-order valence-corrected chi connectivity index (χ0v) is 15.6.